The van der Waals surface area contributed by atoms with Crippen molar-refractivity contribution < 1.29 is 18.3 Å². The molecule has 0 fully saturated rings. The lowest BCUT2D eigenvalue weighted by atomic mass is 10.2. The van der Waals surface area contributed by atoms with Gasteiger partial charge in [0, 0.05) is 12.5 Å². The Morgan fingerprint density at radius 3 is 2.94 bits per heavy atom. The first-order valence-electron chi connectivity index (χ1n) is 4.65. The molecule has 0 bridgehead atoms. The van der Waals surface area contributed by atoms with Crippen LogP contribution in [0, 0.1) is 5.82 Å². The molecule has 2 aromatic rings. The van der Waals surface area contributed by atoms with Gasteiger partial charge in [-0.15, -0.1) is 0 Å². The molecule has 0 radical (unpaired) electrons. The van der Waals surface area contributed by atoms with Crippen molar-refractivity contribution in [1.82, 2.24) is 4.98 Å². The van der Waals surface area contributed by atoms with Crippen LogP contribution in [0.4, 0.5) is 4.39 Å². The number of benzene rings is 1. The van der Waals surface area contributed by atoms with Crippen LogP contribution in [0.2, 0.25) is 0 Å². The van der Waals surface area contributed by atoms with Crippen molar-refractivity contribution in [3.63, 3.8) is 0 Å². The Morgan fingerprint density at radius 1 is 1.53 bits per heavy atom. The quantitative estimate of drug-likeness (QED) is 0.799. The number of aromatic nitrogens is 1. The smallest absolute Gasteiger partial charge is 0.309 e. The summed E-state index contributed by atoms with van der Waals surface area (Å²) in [4.78, 5) is 14.6. The topological polar surface area (TPSA) is 52.3 Å². The summed E-state index contributed by atoms with van der Waals surface area (Å²) >= 11 is 3.04. The summed E-state index contributed by atoms with van der Waals surface area (Å²) in [6, 6.07) is 4.45. The van der Waals surface area contributed by atoms with Crippen molar-refractivity contribution in [2.24, 2.45) is 0 Å². The molecule has 0 spiro atoms. The maximum absolute atomic E-state index is 13.3. The predicted octanol–water partition coefficient (Wildman–Crippen LogP) is 3.17. The van der Waals surface area contributed by atoms with Gasteiger partial charge < -0.3 is 9.15 Å². The Balaban J connectivity index is 2.30. The van der Waals surface area contributed by atoms with Crippen LogP contribution in [0.15, 0.2) is 33.4 Å². The Hall–Kier alpha value is -1.69. The predicted molar refractivity (Wildman–Crippen MR) is 60.9 cm³/mol. The fourth-order valence-corrected chi connectivity index (χ4v) is 1.46. The molecule has 0 unspecified atom stereocenters. The Labute approximate surface area is 105 Å². The van der Waals surface area contributed by atoms with Gasteiger partial charge in [0.15, 0.2) is 6.26 Å². The number of oxazole rings is 1. The number of halogens is 2. The fraction of sp³-hybridized carbons (Fsp3) is 0.0909. The zero-order chi connectivity index (χ0) is 12.4. The van der Waals surface area contributed by atoms with E-state index in [1.54, 1.807) is 12.1 Å². The van der Waals surface area contributed by atoms with E-state index in [-0.39, 0.29) is 11.8 Å². The molecule has 0 aliphatic carbocycles. The molecule has 1 heterocycles. The summed E-state index contributed by atoms with van der Waals surface area (Å²) in [6.45, 7) is 1.26. The lowest BCUT2D eigenvalue weighted by molar-refractivity contribution is -0.132. The summed E-state index contributed by atoms with van der Waals surface area (Å²) in [5.74, 6) is -0.676. The SMILES string of the molecule is CC(=O)Oc1coc(-c2ccc(Br)c(F)c2)n1. The highest BCUT2D eigenvalue weighted by atomic mass is 79.9. The van der Waals surface area contributed by atoms with Crippen LogP contribution >= 0.6 is 15.9 Å². The highest BCUT2D eigenvalue weighted by molar-refractivity contribution is 9.10. The molecule has 4 nitrogen and oxygen atoms in total. The maximum atomic E-state index is 13.3. The third kappa shape index (κ3) is 2.71. The third-order valence-electron chi connectivity index (χ3n) is 1.90. The first kappa shape index (κ1) is 11.8. The molecule has 0 saturated heterocycles. The largest absolute Gasteiger partial charge is 0.440 e. The van der Waals surface area contributed by atoms with Gasteiger partial charge in [-0.3, -0.25) is 4.79 Å². The van der Waals surface area contributed by atoms with Crippen molar-refractivity contribution in [3.05, 3.63) is 34.8 Å². The van der Waals surface area contributed by atoms with Crippen LogP contribution in [0.5, 0.6) is 5.88 Å². The van der Waals surface area contributed by atoms with E-state index in [0.29, 0.717) is 10.0 Å². The van der Waals surface area contributed by atoms with Crippen LogP contribution in [0.25, 0.3) is 11.5 Å². The first-order valence-corrected chi connectivity index (χ1v) is 5.45. The Bertz CT molecular complexity index is 568. The van der Waals surface area contributed by atoms with Crippen molar-refractivity contribution in [2.45, 2.75) is 6.92 Å². The summed E-state index contributed by atoms with van der Waals surface area (Å²) in [7, 11) is 0. The van der Waals surface area contributed by atoms with Gasteiger partial charge >= 0.3 is 5.97 Å². The molecule has 0 amide bonds. The minimum atomic E-state index is -0.494. The molecular formula is C11H7BrFNO3. The van der Waals surface area contributed by atoms with E-state index in [1.165, 1.54) is 19.3 Å². The molecule has 0 N–H and O–H groups in total. The number of esters is 1. The molecule has 0 atom stereocenters. The molecular weight excluding hydrogens is 293 g/mol. The van der Waals surface area contributed by atoms with Crippen molar-refractivity contribution in [2.75, 3.05) is 0 Å². The summed E-state index contributed by atoms with van der Waals surface area (Å²) < 4.78 is 23.4. The fourth-order valence-electron chi connectivity index (χ4n) is 1.21. The van der Waals surface area contributed by atoms with Crippen molar-refractivity contribution in [3.8, 4) is 17.3 Å². The van der Waals surface area contributed by atoms with Gasteiger partial charge in [0.25, 0.3) is 5.88 Å². The minimum Gasteiger partial charge on any atom is -0.440 e. The molecule has 0 saturated carbocycles. The number of hydrogen-bond donors (Lipinski definition) is 0. The van der Waals surface area contributed by atoms with Crippen molar-refractivity contribution in [1.29, 1.82) is 0 Å². The number of ether oxygens (including phenoxy) is 1. The van der Waals surface area contributed by atoms with E-state index >= 15 is 0 Å². The van der Waals surface area contributed by atoms with Crippen LogP contribution < -0.4 is 4.74 Å². The van der Waals surface area contributed by atoms with Gasteiger partial charge in [-0.2, -0.15) is 4.98 Å². The third-order valence-corrected chi connectivity index (χ3v) is 2.54. The normalized spacial score (nSPS) is 10.3. The zero-order valence-corrected chi connectivity index (χ0v) is 10.3. The van der Waals surface area contributed by atoms with Gasteiger partial charge in [0.1, 0.15) is 5.82 Å². The summed E-state index contributed by atoms with van der Waals surface area (Å²) in [6.07, 6.45) is 1.19. The lowest BCUT2D eigenvalue weighted by Gasteiger charge is -1.97. The highest BCUT2D eigenvalue weighted by Gasteiger charge is 2.10. The van der Waals surface area contributed by atoms with E-state index in [0.717, 1.165) is 0 Å². The summed E-state index contributed by atoms with van der Waals surface area (Å²) in [5, 5.41) is 0. The number of nitrogens with zero attached hydrogens (tertiary/aromatic N) is 1. The van der Waals surface area contributed by atoms with E-state index in [2.05, 4.69) is 20.9 Å². The summed E-state index contributed by atoms with van der Waals surface area (Å²) in [5.41, 5.74) is 0.462. The van der Waals surface area contributed by atoms with E-state index in [1.807, 2.05) is 0 Å². The number of hydrogen-bond acceptors (Lipinski definition) is 4. The molecule has 6 heteroatoms. The second-order valence-corrected chi connectivity index (χ2v) is 4.07. The van der Waals surface area contributed by atoms with Crippen LogP contribution in [0.3, 0.4) is 0 Å². The van der Waals surface area contributed by atoms with Gasteiger partial charge in [-0.05, 0) is 34.1 Å². The van der Waals surface area contributed by atoms with Crippen LogP contribution in [-0.2, 0) is 4.79 Å². The van der Waals surface area contributed by atoms with Crippen molar-refractivity contribution >= 4 is 21.9 Å². The van der Waals surface area contributed by atoms with E-state index < -0.39 is 11.8 Å². The second kappa shape index (κ2) is 4.67. The van der Waals surface area contributed by atoms with Gasteiger partial charge in [0.2, 0.25) is 5.89 Å². The molecule has 1 aromatic carbocycles. The van der Waals surface area contributed by atoms with Crippen LogP contribution in [-0.4, -0.2) is 11.0 Å². The molecule has 2 rings (SSSR count). The zero-order valence-electron chi connectivity index (χ0n) is 8.74. The maximum Gasteiger partial charge on any atom is 0.309 e. The Kier molecular flexibility index (Phi) is 3.23. The highest BCUT2D eigenvalue weighted by Crippen LogP contribution is 2.25. The standard InChI is InChI=1S/C11H7BrFNO3/c1-6(15)17-10-5-16-11(14-10)7-2-3-8(12)9(13)4-7/h2-5H,1H3. The first-order chi connectivity index (χ1) is 8.06. The van der Waals surface area contributed by atoms with Gasteiger partial charge in [-0.1, -0.05) is 0 Å². The number of rotatable bonds is 2. The van der Waals surface area contributed by atoms with Gasteiger partial charge in [0.05, 0.1) is 4.47 Å². The molecule has 0 aliphatic rings. The van der Waals surface area contributed by atoms with Gasteiger partial charge in [-0.25, -0.2) is 4.39 Å². The number of carbonyl (C=O) groups is 1. The van der Waals surface area contributed by atoms with E-state index in [4.69, 9.17) is 9.15 Å². The molecule has 0 aliphatic heterocycles. The number of carbonyl (C=O) groups excluding carboxylic acids is 1. The molecule has 1 aromatic heterocycles. The second-order valence-electron chi connectivity index (χ2n) is 3.21. The average molecular weight is 300 g/mol. The average Bonchev–Trinajstić information content (AvgIpc) is 2.69. The molecule has 17 heavy (non-hydrogen) atoms. The monoisotopic (exact) mass is 299 g/mol. The van der Waals surface area contributed by atoms with E-state index in [9.17, 15) is 9.18 Å². The lowest BCUT2D eigenvalue weighted by Crippen LogP contribution is -2.01. The minimum absolute atomic E-state index is 0.0517. The Morgan fingerprint density at radius 2 is 2.29 bits per heavy atom. The molecule has 88 valence electrons. The van der Waals surface area contributed by atoms with Crippen LogP contribution in [0.1, 0.15) is 6.92 Å².